The molecule has 0 radical (unpaired) electrons. The quantitative estimate of drug-likeness (QED) is 0.246. The van der Waals surface area contributed by atoms with E-state index in [-0.39, 0.29) is 39.7 Å². The van der Waals surface area contributed by atoms with Gasteiger partial charge in [-0.15, -0.1) is 24.8 Å². The summed E-state index contributed by atoms with van der Waals surface area (Å²) in [7, 11) is 0. The molecular formula is C24H44Cl2SiZr-4. The third-order valence-electron chi connectivity index (χ3n) is 4.65. The van der Waals surface area contributed by atoms with Crippen molar-refractivity contribution in [1.82, 2.24) is 0 Å². The zero-order chi connectivity index (χ0) is 18.5. The first kappa shape index (κ1) is 39.2. The van der Waals surface area contributed by atoms with E-state index >= 15 is 0 Å². The van der Waals surface area contributed by atoms with Crippen LogP contribution in [0.4, 0.5) is 0 Å². The monoisotopic (exact) mass is 520 g/mol. The van der Waals surface area contributed by atoms with E-state index in [0.717, 1.165) is 12.8 Å². The van der Waals surface area contributed by atoms with Gasteiger partial charge < -0.3 is 14.9 Å². The van der Waals surface area contributed by atoms with Crippen LogP contribution in [0.15, 0.2) is 34.4 Å². The predicted molar refractivity (Wildman–Crippen MR) is 134 cm³/mol. The molecule has 0 saturated heterocycles. The molecular weight excluding hydrogens is 478 g/mol. The summed E-state index contributed by atoms with van der Waals surface area (Å²) in [5.41, 5.74) is 5.97. The van der Waals surface area contributed by atoms with Gasteiger partial charge >= 0.3 is 30.2 Å². The molecule has 2 aliphatic rings. The van der Waals surface area contributed by atoms with E-state index in [0.29, 0.717) is 11.8 Å². The van der Waals surface area contributed by atoms with Crippen LogP contribution in [0.25, 0.3) is 0 Å². The Morgan fingerprint density at radius 2 is 0.964 bits per heavy atom. The molecule has 4 heteroatoms. The van der Waals surface area contributed by atoms with Crippen molar-refractivity contribution in [2.45, 2.75) is 80.1 Å². The van der Waals surface area contributed by atoms with Gasteiger partial charge in [-0.2, -0.15) is 23.3 Å². The van der Waals surface area contributed by atoms with Crippen LogP contribution in [0.2, 0.25) is 0 Å². The van der Waals surface area contributed by atoms with Gasteiger partial charge in [0.1, 0.15) is 0 Å². The standard InChI is InChI=1S/2C11H17.2CH3.2ClH.H2Si.Zr/c2*1-4-9-7-10(5-2)11(6-3)8-9;;;;;;/h2*7,9H,4-6H2,1-3H3;2*1H3;2*1H;1H2;/q4*-1;;;;. The molecule has 2 unspecified atom stereocenters. The third-order valence-corrected chi connectivity index (χ3v) is 4.65. The van der Waals surface area contributed by atoms with Gasteiger partial charge in [-0.05, 0) is 0 Å². The second-order valence-electron chi connectivity index (χ2n) is 6.07. The number of hydrogen-bond acceptors (Lipinski definition) is 0. The van der Waals surface area contributed by atoms with Crippen molar-refractivity contribution in [2.24, 2.45) is 11.8 Å². The van der Waals surface area contributed by atoms with E-state index in [2.05, 4.69) is 65.8 Å². The topological polar surface area (TPSA) is 0 Å². The van der Waals surface area contributed by atoms with Gasteiger partial charge in [0, 0.05) is 0 Å². The van der Waals surface area contributed by atoms with Gasteiger partial charge in [-0.1, -0.05) is 91.9 Å². The molecule has 0 nitrogen and oxygen atoms in total. The van der Waals surface area contributed by atoms with E-state index in [1.165, 1.54) is 48.0 Å². The summed E-state index contributed by atoms with van der Waals surface area (Å²) in [6.45, 7) is 15.3. The van der Waals surface area contributed by atoms with Crippen LogP contribution >= 0.6 is 24.8 Å². The Balaban J connectivity index is -0.000000102. The average Bonchev–Trinajstić information content (AvgIpc) is 3.26. The molecule has 0 aliphatic heterocycles. The molecule has 0 aromatic carbocycles. The second-order valence-corrected chi connectivity index (χ2v) is 6.07. The summed E-state index contributed by atoms with van der Waals surface area (Å²) in [5.74, 6) is 1.22. The summed E-state index contributed by atoms with van der Waals surface area (Å²) < 4.78 is 0. The van der Waals surface area contributed by atoms with Crippen LogP contribution < -0.4 is 0 Å². The fraction of sp³-hybridized carbons (Fsp3) is 0.583. The van der Waals surface area contributed by atoms with Crippen molar-refractivity contribution in [3.05, 3.63) is 61.4 Å². The Hall–Kier alpha value is 0.640. The number of halogens is 2. The second kappa shape index (κ2) is 23.9. The van der Waals surface area contributed by atoms with Gasteiger partial charge in [0.15, 0.2) is 0 Å². The fourth-order valence-corrected chi connectivity index (χ4v) is 3.16. The van der Waals surface area contributed by atoms with Crippen molar-refractivity contribution in [2.75, 3.05) is 0 Å². The van der Waals surface area contributed by atoms with Gasteiger partial charge in [0.25, 0.3) is 0 Å². The molecule has 2 rings (SSSR count). The molecule has 0 amide bonds. The summed E-state index contributed by atoms with van der Waals surface area (Å²) >= 11 is 1.58. The maximum atomic E-state index is 3.52. The first-order chi connectivity index (χ1) is 11.6. The zero-order valence-corrected chi connectivity index (χ0v) is 25.1. The van der Waals surface area contributed by atoms with E-state index in [1.54, 1.807) is 23.3 Å². The van der Waals surface area contributed by atoms with Crippen molar-refractivity contribution in [3.8, 4) is 0 Å². The van der Waals surface area contributed by atoms with Crippen LogP contribution in [0.3, 0.4) is 0 Å². The number of hydrogen-bond donors (Lipinski definition) is 0. The molecule has 2 aliphatic carbocycles. The fourth-order valence-electron chi connectivity index (χ4n) is 3.16. The summed E-state index contributed by atoms with van der Waals surface area (Å²) in [6.07, 6.45) is 18.8. The Labute approximate surface area is 207 Å². The first-order valence-electron chi connectivity index (χ1n) is 9.65. The van der Waals surface area contributed by atoms with Crippen LogP contribution in [0, 0.1) is 38.8 Å². The van der Waals surface area contributed by atoms with Crippen molar-refractivity contribution in [1.29, 1.82) is 0 Å². The average molecular weight is 523 g/mol. The van der Waals surface area contributed by atoms with Gasteiger partial charge in [0.05, 0.1) is 0 Å². The molecule has 0 fully saturated rings. The van der Waals surface area contributed by atoms with Gasteiger partial charge in [-0.25, -0.2) is 11.1 Å². The summed E-state index contributed by atoms with van der Waals surface area (Å²) in [6, 6.07) is 0. The molecule has 0 heterocycles. The molecule has 0 aromatic rings. The van der Waals surface area contributed by atoms with Crippen LogP contribution in [-0.4, -0.2) is 6.88 Å². The van der Waals surface area contributed by atoms with Crippen molar-refractivity contribution < 1.29 is 23.3 Å². The predicted octanol–water partition coefficient (Wildman–Crippen LogP) is 7.83. The van der Waals surface area contributed by atoms with E-state index in [9.17, 15) is 0 Å². The minimum atomic E-state index is 0. The Bertz CT molecular complexity index is 409. The molecule has 28 heavy (non-hydrogen) atoms. The molecule has 0 bridgehead atoms. The number of allylic oxidation sites excluding steroid dienone is 8. The van der Waals surface area contributed by atoms with Crippen LogP contribution in [0.1, 0.15) is 80.1 Å². The van der Waals surface area contributed by atoms with E-state index in [4.69, 9.17) is 0 Å². The molecule has 0 N–H and O–H groups in total. The van der Waals surface area contributed by atoms with Crippen molar-refractivity contribution in [3.63, 3.8) is 0 Å². The minimum absolute atomic E-state index is 0. The summed E-state index contributed by atoms with van der Waals surface area (Å²) in [5, 5.41) is 0. The van der Waals surface area contributed by atoms with E-state index < -0.39 is 0 Å². The molecule has 0 saturated carbocycles. The van der Waals surface area contributed by atoms with Gasteiger partial charge in [0.2, 0.25) is 0 Å². The van der Waals surface area contributed by atoms with Crippen LogP contribution in [-0.2, 0) is 23.3 Å². The normalized spacial score (nSPS) is 18.5. The molecule has 0 spiro atoms. The third kappa shape index (κ3) is 13.0. The SMILES string of the molecule is CCC1=[C-]C(CC)C=C1CC.CCC1=[C-]C(CC)C=C1CC.Cl.Cl.[CH3-].[CH3-].[SiH2]=[Zr]. The Morgan fingerprint density at radius 1 is 0.679 bits per heavy atom. The molecule has 166 valence electrons. The van der Waals surface area contributed by atoms with Crippen LogP contribution in [0.5, 0.6) is 0 Å². The summed E-state index contributed by atoms with van der Waals surface area (Å²) in [4.78, 5) is 0. The first-order valence-corrected chi connectivity index (χ1v) is 15.6. The molecule has 2 atom stereocenters. The number of rotatable bonds is 6. The Kier molecular flexibility index (Phi) is 33.4. The van der Waals surface area contributed by atoms with Gasteiger partial charge in [-0.3, -0.25) is 12.2 Å². The Morgan fingerprint density at radius 3 is 1.11 bits per heavy atom. The van der Waals surface area contributed by atoms with E-state index in [1.807, 2.05) is 6.88 Å². The molecule has 0 aromatic heterocycles. The zero-order valence-electron chi connectivity index (χ0n) is 19.6. The maximum absolute atomic E-state index is 3.52. The van der Waals surface area contributed by atoms with Crippen molar-refractivity contribution >= 4 is 31.7 Å².